The molecule has 2 rings (SSSR count). The van der Waals surface area contributed by atoms with Crippen LogP contribution in [0.5, 0.6) is 11.5 Å². The molecule has 3 N–H and O–H groups in total. The van der Waals surface area contributed by atoms with E-state index in [1.807, 2.05) is 30.3 Å². The fourth-order valence-corrected chi connectivity index (χ4v) is 1.85. The van der Waals surface area contributed by atoms with Crippen LogP contribution in [0.1, 0.15) is 17.3 Å². The zero-order chi connectivity index (χ0) is 18.2. The number of hydrogen-bond donors (Lipinski definition) is 2. The molecule has 2 amide bonds. The van der Waals surface area contributed by atoms with Crippen molar-refractivity contribution in [1.29, 1.82) is 0 Å². The van der Waals surface area contributed by atoms with Crippen LogP contribution in [0.15, 0.2) is 54.6 Å². The lowest BCUT2D eigenvalue weighted by molar-refractivity contribution is -0.152. The first kappa shape index (κ1) is 18.0. The highest BCUT2D eigenvalue weighted by Gasteiger charge is 2.15. The van der Waals surface area contributed by atoms with E-state index >= 15 is 0 Å². The van der Waals surface area contributed by atoms with Crippen molar-refractivity contribution < 1.29 is 23.9 Å². The Kier molecular flexibility index (Phi) is 6.11. The molecule has 2 aromatic rings. The number of benzene rings is 2. The molecule has 0 bridgehead atoms. The van der Waals surface area contributed by atoms with Crippen LogP contribution in [0.25, 0.3) is 0 Å². The molecule has 0 aromatic heterocycles. The third kappa shape index (κ3) is 5.65. The third-order valence-corrected chi connectivity index (χ3v) is 3.20. The van der Waals surface area contributed by atoms with Gasteiger partial charge < -0.3 is 20.5 Å². The van der Waals surface area contributed by atoms with Gasteiger partial charge >= 0.3 is 5.97 Å². The van der Waals surface area contributed by atoms with Gasteiger partial charge in [0, 0.05) is 5.56 Å². The number of para-hydroxylation sites is 1. The maximum Gasteiger partial charge on any atom is 0.326 e. The molecule has 1 atom stereocenters. The molecule has 7 nitrogen and oxygen atoms in total. The van der Waals surface area contributed by atoms with Crippen LogP contribution in [0.3, 0.4) is 0 Å². The van der Waals surface area contributed by atoms with E-state index in [4.69, 9.17) is 15.2 Å². The molecule has 0 unspecified atom stereocenters. The predicted molar refractivity (Wildman–Crippen MR) is 90.0 cm³/mol. The normalized spacial score (nSPS) is 11.2. The Hall–Kier alpha value is -3.35. The van der Waals surface area contributed by atoms with Gasteiger partial charge in [0.2, 0.25) is 0 Å². The number of hydrogen-bond acceptors (Lipinski definition) is 5. The second-order valence-corrected chi connectivity index (χ2v) is 5.16. The lowest BCUT2D eigenvalue weighted by Crippen LogP contribution is -2.36. The molecular weight excluding hydrogens is 324 g/mol. The Morgan fingerprint density at radius 3 is 2.20 bits per heavy atom. The minimum absolute atomic E-state index is 0.358. The summed E-state index contributed by atoms with van der Waals surface area (Å²) in [6, 6.07) is 15.7. The lowest BCUT2D eigenvalue weighted by Gasteiger charge is -2.10. The number of carbonyl (C=O) groups excluding carboxylic acids is 3. The van der Waals surface area contributed by atoms with Gasteiger partial charge in [-0.1, -0.05) is 18.2 Å². The molecule has 0 fully saturated rings. The number of carbonyl (C=O) groups is 3. The summed E-state index contributed by atoms with van der Waals surface area (Å²) in [4.78, 5) is 34.3. The first-order chi connectivity index (χ1) is 12.0. The summed E-state index contributed by atoms with van der Waals surface area (Å²) in [5, 5.41) is 2.41. The van der Waals surface area contributed by atoms with Crippen molar-refractivity contribution in [2.24, 2.45) is 5.73 Å². The second-order valence-electron chi connectivity index (χ2n) is 5.16. The smallest absolute Gasteiger partial charge is 0.326 e. The minimum atomic E-state index is -1.04. The number of rotatable bonds is 7. The number of esters is 1. The molecule has 0 aliphatic rings. The molecule has 7 heteroatoms. The first-order valence-corrected chi connectivity index (χ1v) is 7.55. The monoisotopic (exact) mass is 342 g/mol. The summed E-state index contributed by atoms with van der Waals surface area (Å²) in [7, 11) is 0. The van der Waals surface area contributed by atoms with Crippen LogP contribution in [0.2, 0.25) is 0 Å². The molecule has 0 radical (unpaired) electrons. The summed E-state index contributed by atoms with van der Waals surface area (Å²) in [6.07, 6.45) is -1.04. The number of amides is 2. The van der Waals surface area contributed by atoms with Crippen LogP contribution in [-0.4, -0.2) is 30.4 Å². The molecule has 130 valence electrons. The first-order valence-electron chi connectivity index (χ1n) is 7.55. The zero-order valence-corrected chi connectivity index (χ0v) is 13.6. The van der Waals surface area contributed by atoms with Gasteiger partial charge in [0.15, 0.2) is 6.10 Å². The summed E-state index contributed by atoms with van der Waals surface area (Å²) >= 11 is 0. The summed E-state index contributed by atoms with van der Waals surface area (Å²) in [5.74, 6) is -0.684. The van der Waals surface area contributed by atoms with E-state index in [2.05, 4.69) is 5.32 Å². The van der Waals surface area contributed by atoms with Crippen molar-refractivity contribution in [3.8, 4) is 11.5 Å². The SMILES string of the molecule is C[C@@H](OC(=O)CNC(=O)c1ccc(Oc2ccccc2)cc1)C(N)=O. The summed E-state index contributed by atoms with van der Waals surface area (Å²) in [5.41, 5.74) is 5.34. The van der Waals surface area contributed by atoms with E-state index in [1.54, 1.807) is 24.3 Å². The van der Waals surface area contributed by atoms with Gasteiger partial charge in [-0.25, -0.2) is 0 Å². The van der Waals surface area contributed by atoms with Gasteiger partial charge in [-0.2, -0.15) is 0 Å². The van der Waals surface area contributed by atoms with Crippen molar-refractivity contribution in [3.05, 3.63) is 60.2 Å². The highest BCUT2D eigenvalue weighted by molar-refractivity contribution is 5.96. The molecule has 0 aliphatic carbocycles. The van der Waals surface area contributed by atoms with Crippen molar-refractivity contribution in [2.45, 2.75) is 13.0 Å². The number of primary amides is 1. The van der Waals surface area contributed by atoms with E-state index in [9.17, 15) is 14.4 Å². The Balaban J connectivity index is 1.86. The van der Waals surface area contributed by atoms with Crippen LogP contribution < -0.4 is 15.8 Å². The highest BCUT2D eigenvalue weighted by Crippen LogP contribution is 2.21. The van der Waals surface area contributed by atoms with Gasteiger partial charge in [0.05, 0.1) is 0 Å². The Bertz CT molecular complexity index is 744. The number of nitrogens with one attached hydrogen (secondary N) is 1. The van der Waals surface area contributed by atoms with Gasteiger partial charge in [-0.15, -0.1) is 0 Å². The van der Waals surface area contributed by atoms with E-state index in [-0.39, 0.29) is 6.54 Å². The van der Waals surface area contributed by atoms with Crippen LogP contribution in [-0.2, 0) is 14.3 Å². The quantitative estimate of drug-likeness (QED) is 0.744. The van der Waals surface area contributed by atoms with Crippen molar-refractivity contribution in [1.82, 2.24) is 5.32 Å². The number of nitrogens with two attached hydrogens (primary N) is 1. The van der Waals surface area contributed by atoms with Crippen LogP contribution >= 0.6 is 0 Å². The average molecular weight is 342 g/mol. The maximum atomic E-state index is 12.0. The van der Waals surface area contributed by atoms with E-state index in [1.165, 1.54) is 6.92 Å². The fraction of sp³-hybridized carbons (Fsp3) is 0.167. The van der Waals surface area contributed by atoms with Crippen molar-refractivity contribution in [2.75, 3.05) is 6.54 Å². The van der Waals surface area contributed by atoms with E-state index in [0.29, 0.717) is 17.1 Å². The standard InChI is InChI=1S/C18H18N2O5/c1-12(17(19)22)24-16(21)11-20-18(23)13-7-9-15(10-8-13)25-14-5-3-2-4-6-14/h2-10,12H,11H2,1H3,(H2,19,22)(H,20,23)/t12-/m1/s1. The van der Waals surface area contributed by atoms with Gasteiger partial charge in [-0.05, 0) is 43.3 Å². The largest absolute Gasteiger partial charge is 0.457 e. The molecule has 0 heterocycles. The zero-order valence-electron chi connectivity index (χ0n) is 13.6. The molecular formula is C18H18N2O5. The van der Waals surface area contributed by atoms with Gasteiger partial charge in [0.25, 0.3) is 11.8 Å². The Labute approximate surface area is 144 Å². The number of ether oxygens (including phenoxy) is 2. The van der Waals surface area contributed by atoms with Crippen molar-refractivity contribution >= 4 is 17.8 Å². The topological polar surface area (TPSA) is 108 Å². The maximum absolute atomic E-state index is 12.0. The molecule has 0 saturated heterocycles. The fourth-order valence-electron chi connectivity index (χ4n) is 1.85. The predicted octanol–water partition coefficient (Wildman–Crippen LogP) is 1.63. The van der Waals surface area contributed by atoms with Crippen LogP contribution in [0, 0.1) is 0 Å². The third-order valence-electron chi connectivity index (χ3n) is 3.20. The Morgan fingerprint density at radius 2 is 1.60 bits per heavy atom. The van der Waals surface area contributed by atoms with Gasteiger partial charge in [0.1, 0.15) is 18.0 Å². The Morgan fingerprint density at radius 1 is 1.00 bits per heavy atom. The van der Waals surface area contributed by atoms with Crippen LogP contribution in [0.4, 0.5) is 0 Å². The molecule has 0 saturated carbocycles. The molecule has 2 aromatic carbocycles. The van der Waals surface area contributed by atoms with E-state index in [0.717, 1.165) is 0 Å². The summed E-state index contributed by atoms with van der Waals surface area (Å²) < 4.78 is 10.4. The minimum Gasteiger partial charge on any atom is -0.457 e. The van der Waals surface area contributed by atoms with Gasteiger partial charge in [-0.3, -0.25) is 14.4 Å². The average Bonchev–Trinajstić information content (AvgIpc) is 2.61. The molecule has 0 aliphatic heterocycles. The highest BCUT2D eigenvalue weighted by atomic mass is 16.5. The molecule has 0 spiro atoms. The summed E-state index contributed by atoms with van der Waals surface area (Å²) in [6.45, 7) is 0.992. The second kappa shape index (κ2) is 8.49. The van der Waals surface area contributed by atoms with E-state index < -0.39 is 23.9 Å². The van der Waals surface area contributed by atoms with Crippen molar-refractivity contribution in [3.63, 3.8) is 0 Å². The molecule has 25 heavy (non-hydrogen) atoms. The lowest BCUT2D eigenvalue weighted by atomic mass is 10.2.